The molecule has 0 radical (unpaired) electrons. The van der Waals surface area contributed by atoms with E-state index >= 15 is 0 Å². The van der Waals surface area contributed by atoms with Crippen molar-refractivity contribution in [3.05, 3.63) is 66.2 Å². The Kier molecular flexibility index (Phi) is 5.71. The highest BCUT2D eigenvalue weighted by Gasteiger charge is 2.27. The molecule has 1 atom stereocenters. The first-order valence-corrected chi connectivity index (χ1v) is 8.97. The number of benzene rings is 2. The number of nitrogens with one attached hydrogen (secondary N) is 1. The summed E-state index contributed by atoms with van der Waals surface area (Å²) in [5.74, 6) is 0.0920. The second-order valence-corrected chi connectivity index (χ2v) is 6.88. The minimum atomic E-state index is -0.242. The smallest absolute Gasteiger partial charge is 0.242 e. The zero-order valence-electron chi connectivity index (χ0n) is 15.1. The molecule has 2 aromatic rings. The summed E-state index contributed by atoms with van der Waals surface area (Å²) in [6.45, 7) is 1.96. The third-order valence-corrected chi connectivity index (χ3v) is 4.84. The SMILES string of the molecule is CN(C)[C@@H](C(=O)NC1CCN(c2ccccc2)CC1)c1ccccc1. The number of carbonyl (C=O) groups is 1. The van der Waals surface area contributed by atoms with Gasteiger partial charge in [-0.25, -0.2) is 0 Å². The first-order valence-electron chi connectivity index (χ1n) is 8.97. The van der Waals surface area contributed by atoms with Crippen LogP contribution in [-0.4, -0.2) is 44.0 Å². The van der Waals surface area contributed by atoms with Crippen molar-refractivity contribution in [2.24, 2.45) is 0 Å². The summed E-state index contributed by atoms with van der Waals surface area (Å²) < 4.78 is 0. The molecule has 4 heteroatoms. The number of likely N-dealkylation sites (N-methyl/N-ethyl adjacent to an activating group) is 1. The van der Waals surface area contributed by atoms with Crippen molar-refractivity contribution in [3.63, 3.8) is 0 Å². The highest BCUT2D eigenvalue weighted by Crippen LogP contribution is 2.22. The normalized spacial score (nSPS) is 16.7. The average molecular weight is 337 g/mol. The number of amides is 1. The third kappa shape index (κ3) is 4.40. The molecule has 0 spiro atoms. The number of carbonyl (C=O) groups excluding carboxylic acids is 1. The van der Waals surface area contributed by atoms with Gasteiger partial charge >= 0.3 is 0 Å². The van der Waals surface area contributed by atoms with E-state index in [-0.39, 0.29) is 18.0 Å². The zero-order chi connectivity index (χ0) is 17.6. The number of hydrogen-bond donors (Lipinski definition) is 1. The van der Waals surface area contributed by atoms with Crippen LogP contribution in [0.2, 0.25) is 0 Å². The van der Waals surface area contributed by atoms with Gasteiger partial charge in [-0.3, -0.25) is 9.69 Å². The van der Waals surface area contributed by atoms with Crippen LogP contribution < -0.4 is 10.2 Å². The van der Waals surface area contributed by atoms with E-state index in [9.17, 15) is 4.79 Å². The number of nitrogens with zero attached hydrogens (tertiary/aromatic N) is 2. The molecular weight excluding hydrogens is 310 g/mol. The van der Waals surface area contributed by atoms with Crippen LogP contribution in [-0.2, 0) is 4.79 Å². The van der Waals surface area contributed by atoms with Gasteiger partial charge in [0, 0.05) is 24.8 Å². The van der Waals surface area contributed by atoms with Crippen molar-refractivity contribution < 1.29 is 4.79 Å². The highest BCUT2D eigenvalue weighted by molar-refractivity contribution is 5.83. The number of hydrogen-bond acceptors (Lipinski definition) is 3. The lowest BCUT2D eigenvalue weighted by molar-refractivity contribution is -0.126. The maximum Gasteiger partial charge on any atom is 0.242 e. The number of rotatable bonds is 5. The lowest BCUT2D eigenvalue weighted by Gasteiger charge is -2.35. The molecular formula is C21H27N3O. The van der Waals surface area contributed by atoms with Crippen molar-refractivity contribution in [2.75, 3.05) is 32.1 Å². The van der Waals surface area contributed by atoms with Gasteiger partial charge in [0.1, 0.15) is 6.04 Å². The molecule has 0 aliphatic carbocycles. The Labute approximate surface area is 150 Å². The van der Waals surface area contributed by atoms with E-state index in [2.05, 4.69) is 34.5 Å². The molecule has 1 aliphatic rings. The number of para-hydroxylation sites is 1. The van der Waals surface area contributed by atoms with Crippen LogP contribution in [0, 0.1) is 0 Å². The van der Waals surface area contributed by atoms with E-state index in [4.69, 9.17) is 0 Å². The molecule has 2 aromatic carbocycles. The molecule has 1 amide bonds. The van der Waals surface area contributed by atoms with Crippen molar-refractivity contribution in [2.45, 2.75) is 24.9 Å². The maximum atomic E-state index is 12.8. The van der Waals surface area contributed by atoms with Gasteiger partial charge in [-0.15, -0.1) is 0 Å². The lowest BCUT2D eigenvalue weighted by atomic mass is 10.0. The molecule has 4 nitrogen and oxygen atoms in total. The highest BCUT2D eigenvalue weighted by atomic mass is 16.2. The van der Waals surface area contributed by atoms with Gasteiger partial charge in [0.2, 0.25) is 5.91 Å². The topological polar surface area (TPSA) is 35.6 Å². The monoisotopic (exact) mass is 337 g/mol. The summed E-state index contributed by atoms with van der Waals surface area (Å²) in [7, 11) is 3.91. The Hall–Kier alpha value is -2.33. The summed E-state index contributed by atoms with van der Waals surface area (Å²) >= 11 is 0. The summed E-state index contributed by atoms with van der Waals surface area (Å²) in [5.41, 5.74) is 2.30. The van der Waals surface area contributed by atoms with Gasteiger partial charge in [0.05, 0.1) is 0 Å². The largest absolute Gasteiger partial charge is 0.371 e. The second-order valence-electron chi connectivity index (χ2n) is 6.88. The second kappa shape index (κ2) is 8.17. The van der Waals surface area contributed by atoms with Gasteiger partial charge in [-0.2, -0.15) is 0 Å². The first kappa shape index (κ1) is 17.5. The predicted octanol–water partition coefficient (Wildman–Crippen LogP) is 3.07. The Morgan fingerprint density at radius 2 is 1.56 bits per heavy atom. The molecule has 0 unspecified atom stereocenters. The maximum absolute atomic E-state index is 12.8. The predicted molar refractivity (Wildman–Crippen MR) is 103 cm³/mol. The molecule has 1 saturated heterocycles. The fourth-order valence-electron chi connectivity index (χ4n) is 3.52. The standard InChI is InChI=1S/C21H27N3O/c1-23(2)20(17-9-5-3-6-10-17)21(25)22-18-13-15-24(16-14-18)19-11-7-4-8-12-19/h3-12,18,20H,13-16H2,1-2H3,(H,22,25)/t20-/m1/s1. The van der Waals surface area contributed by atoms with Gasteiger partial charge in [0.15, 0.2) is 0 Å². The van der Waals surface area contributed by atoms with Gasteiger partial charge in [-0.05, 0) is 44.6 Å². The van der Waals surface area contributed by atoms with Crippen LogP contribution >= 0.6 is 0 Å². The van der Waals surface area contributed by atoms with Gasteiger partial charge in [-0.1, -0.05) is 48.5 Å². The quantitative estimate of drug-likeness (QED) is 0.911. The summed E-state index contributed by atoms with van der Waals surface area (Å²) in [4.78, 5) is 17.2. The average Bonchev–Trinajstić information content (AvgIpc) is 2.64. The van der Waals surface area contributed by atoms with E-state index < -0.39 is 0 Å². The zero-order valence-corrected chi connectivity index (χ0v) is 15.1. The number of anilines is 1. The van der Waals surface area contributed by atoms with E-state index in [1.165, 1.54) is 5.69 Å². The molecule has 0 saturated carbocycles. The van der Waals surface area contributed by atoms with E-state index in [0.29, 0.717) is 0 Å². The van der Waals surface area contributed by atoms with Crippen molar-refractivity contribution >= 4 is 11.6 Å². The minimum Gasteiger partial charge on any atom is -0.371 e. The van der Waals surface area contributed by atoms with Crippen LogP contribution in [0.1, 0.15) is 24.4 Å². The molecule has 1 aliphatic heterocycles. The fourth-order valence-corrected chi connectivity index (χ4v) is 3.52. The van der Waals surface area contributed by atoms with Gasteiger partial charge in [0.25, 0.3) is 0 Å². The summed E-state index contributed by atoms with van der Waals surface area (Å²) in [6.07, 6.45) is 1.96. The van der Waals surface area contributed by atoms with Crippen LogP contribution in [0.25, 0.3) is 0 Å². The summed E-state index contributed by atoms with van der Waals surface area (Å²) in [5, 5.41) is 3.26. The Balaban J connectivity index is 1.58. The van der Waals surface area contributed by atoms with Crippen LogP contribution in [0.3, 0.4) is 0 Å². The Morgan fingerprint density at radius 3 is 2.12 bits per heavy atom. The number of piperidine rings is 1. The molecule has 0 bridgehead atoms. The molecule has 132 valence electrons. The Morgan fingerprint density at radius 1 is 1.00 bits per heavy atom. The molecule has 25 heavy (non-hydrogen) atoms. The minimum absolute atomic E-state index is 0.0920. The molecule has 1 heterocycles. The molecule has 3 rings (SSSR count). The van der Waals surface area contributed by atoms with Gasteiger partial charge < -0.3 is 10.2 Å². The molecule has 1 fully saturated rings. The van der Waals surface area contributed by atoms with E-state index in [0.717, 1.165) is 31.5 Å². The molecule has 0 aromatic heterocycles. The van der Waals surface area contributed by atoms with E-state index in [1.54, 1.807) is 0 Å². The third-order valence-electron chi connectivity index (χ3n) is 4.84. The summed E-state index contributed by atoms with van der Waals surface area (Å²) in [6, 6.07) is 20.5. The van der Waals surface area contributed by atoms with Crippen LogP contribution in [0.15, 0.2) is 60.7 Å². The Bertz CT molecular complexity index is 664. The van der Waals surface area contributed by atoms with Crippen molar-refractivity contribution in [3.8, 4) is 0 Å². The first-order chi connectivity index (χ1) is 12.1. The van der Waals surface area contributed by atoms with E-state index in [1.807, 2.05) is 55.4 Å². The van der Waals surface area contributed by atoms with Crippen molar-refractivity contribution in [1.29, 1.82) is 0 Å². The van der Waals surface area contributed by atoms with Crippen molar-refractivity contribution in [1.82, 2.24) is 10.2 Å². The van der Waals surface area contributed by atoms with Crippen LogP contribution in [0.4, 0.5) is 5.69 Å². The molecule has 1 N–H and O–H groups in total. The lowest BCUT2D eigenvalue weighted by Crippen LogP contribution is -2.47. The fraction of sp³-hybridized carbons (Fsp3) is 0.381. The van der Waals surface area contributed by atoms with Crippen LogP contribution in [0.5, 0.6) is 0 Å².